The number of nitrogens with one attached hydrogen (secondary N) is 1. The summed E-state index contributed by atoms with van der Waals surface area (Å²) in [5.74, 6) is 0.549. The van der Waals surface area contributed by atoms with Gasteiger partial charge in [-0.3, -0.25) is 0 Å². The van der Waals surface area contributed by atoms with Gasteiger partial charge in [-0.2, -0.15) is 0 Å². The summed E-state index contributed by atoms with van der Waals surface area (Å²) in [6.07, 6.45) is 0. The van der Waals surface area contributed by atoms with Crippen LogP contribution in [0.3, 0.4) is 0 Å². The zero-order valence-corrected chi connectivity index (χ0v) is 14.5. The lowest BCUT2D eigenvalue weighted by Gasteiger charge is -2.19. The number of hydrogen-bond donors (Lipinski definition) is 1. The van der Waals surface area contributed by atoms with E-state index in [1.54, 1.807) is 17.4 Å². The minimum Gasteiger partial charge on any atom is -0.307 e. The summed E-state index contributed by atoms with van der Waals surface area (Å²) in [7, 11) is 0. The molecular formula is C16H21FN2S2. The summed E-state index contributed by atoms with van der Waals surface area (Å²) in [4.78, 5) is 6.53. The Morgan fingerprint density at radius 1 is 1.29 bits per heavy atom. The molecule has 0 fully saturated rings. The predicted octanol–water partition coefficient (Wildman–Crippen LogP) is 4.77. The van der Waals surface area contributed by atoms with Crippen molar-refractivity contribution in [3.8, 4) is 0 Å². The smallest absolute Gasteiger partial charge is 0.136 e. The fraction of sp³-hybridized carbons (Fsp3) is 0.438. The molecule has 0 aliphatic carbocycles. The maximum atomic E-state index is 13.6. The quantitative estimate of drug-likeness (QED) is 0.802. The van der Waals surface area contributed by atoms with Gasteiger partial charge in [0.25, 0.3) is 0 Å². The monoisotopic (exact) mass is 324 g/mol. The van der Waals surface area contributed by atoms with Crippen molar-refractivity contribution in [3.05, 3.63) is 45.7 Å². The highest BCUT2D eigenvalue weighted by atomic mass is 32.2. The fourth-order valence-corrected chi connectivity index (χ4v) is 3.70. The van der Waals surface area contributed by atoms with E-state index in [0.717, 1.165) is 17.2 Å². The molecule has 2 rings (SSSR count). The molecule has 5 heteroatoms. The Morgan fingerprint density at radius 3 is 2.67 bits per heavy atom. The van der Waals surface area contributed by atoms with Crippen LogP contribution in [0.25, 0.3) is 0 Å². The van der Waals surface area contributed by atoms with Crippen LogP contribution in [-0.2, 0) is 12.3 Å². The number of hydrogen-bond acceptors (Lipinski definition) is 4. The Labute approximate surface area is 134 Å². The van der Waals surface area contributed by atoms with Gasteiger partial charge in [0.1, 0.15) is 10.8 Å². The van der Waals surface area contributed by atoms with Crippen LogP contribution in [0.1, 0.15) is 36.3 Å². The predicted molar refractivity (Wildman–Crippen MR) is 89.4 cm³/mol. The van der Waals surface area contributed by atoms with Crippen molar-refractivity contribution < 1.29 is 4.39 Å². The molecule has 1 aromatic heterocycles. The molecule has 0 saturated heterocycles. The van der Waals surface area contributed by atoms with Crippen LogP contribution in [0, 0.1) is 12.7 Å². The molecular weight excluding hydrogens is 303 g/mol. The first kappa shape index (κ1) is 16.5. The second-order valence-electron chi connectivity index (χ2n) is 5.94. The van der Waals surface area contributed by atoms with Crippen LogP contribution >= 0.6 is 23.1 Å². The van der Waals surface area contributed by atoms with Crippen LogP contribution in [0.5, 0.6) is 0 Å². The van der Waals surface area contributed by atoms with Crippen molar-refractivity contribution in [1.29, 1.82) is 0 Å². The van der Waals surface area contributed by atoms with E-state index < -0.39 is 0 Å². The van der Waals surface area contributed by atoms with E-state index in [-0.39, 0.29) is 11.4 Å². The second-order valence-corrected chi connectivity index (χ2v) is 8.12. The highest BCUT2D eigenvalue weighted by Gasteiger charge is 2.13. The van der Waals surface area contributed by atoms with E-state index >= 15 is 0 Å². The van der Waals surface area contributed by atoms with E-state index in [4.69, 9.17) is 0 Å². The number of aryl methyl sites for hydroxylation is 1. The van der Waals surface area contributed by atoms with Crippen molar-refractivity contribution in [1.82, 2.24) is 10.3 Å². The number of benzene rings is 1. The molecule has 0 bridgehead atoms. The molecule has 2 aromatic rings. The summed E-state index contributed by atoms with van der Waals surface area (Å²) in [5, 5.41) is 4.53. The van der Waals surface area contributed by atoms with E-state index in [0.29, 0.717) is 10.6 Å². The molecule has 1 heterocycles. The third kappa shape index (κ3) is 5.09. The molecule has 0 radical (unpaired) electrons. The van der Waals surface area contributed by atoms with Gasteiger partial charge in [-0.15, -0.1) is 23.1 Å². The molecule has 0 saturated carbocycles. The lowest BCUT2D eigenvalue weighted by molar-refractivity contribution is 0.425. The first-order valence-corrected chi connectivity index (χ1v) is 8.73. The molecule has 0 aliphatic heterocycles. The van der Waals surface area contributed by atoms with Gasteiger partial charge in [-0.1, -0.05) is 12.1 Å². The van der Waals surface area contributed by atoms with E-state index in [9.17, 15) is 4.39 Å². The van der Waals surface area contributed by atoms with Crippen molar-refractivity contribution in [2.45, 2.75) is 50.4 Å². The number of nitrogens with zero attached hydrogens (tertiary/aromatic N) is 1. The maximum Gasteiger partial charge on any atom is 0.136 e. The number of rotatable bonds is 5. The third-order valence-corrected chi connectivity index (χ3v) is 5.30. The molecule has 1 N–H and O–H groups in total. The lowest BCUT2D eigenvalue weighted by atomic mass is 10.1. The van der Waals surface area contributed by atoms with Crippen LogP contribution in [0.15, 0.2) is 29.2 Å². The molecule has 1 aromatic carbocycles. The number of aromatic nitrogens is 1. The summed E-state index contributed by atoms with van der Waals surface area (Å²) in [6, 6.07) is 6.87. The topological polar surface area (TPSA) is 24.9 Å². The normalized spacial score (nSPS) is 11.9. The van der Waals surface area contributed by atoms with Gasteiger partial charge in [-0.05, 0) is 39.8 Å². The summed E-state index contributed by atoms with van der Waals surface area (Å²) >= 11 is 3.21. The largest absolute Gasteiger partial charge is 0.307 e. The lowest BCUT2D eigenvalue weighted by Crippen LogP contribution is -2.34. The second kappa shape index (κ2) is 6.90. The van der Waals surface area contributed by atoms with Crippen molar-refractivity contribution in [3.63, 3.8) is 0 Å². The number of thioether (sulfide) groups is 1. The van der Waals surface area contributed by atoms with E-state index in [1.807, 2.05) is 19.1 Å². The molecule has 2 nitrogen and oxygen atoms in total. The Bertz CT molecular complexity index is 603. The standard InChI is InChI=1S/C16H21FN2S2/c1-11-14(9-18-16(2,3)4)21-15(19-11)10-20-13-8-6-5-7-12(13)17/h5-8,18H,9-10H2,1-4H3. The third-order valence-electron chi connectivity index (χ3n) is 2.90. The van der Waals surface area contributed by atoms with Crippen LogP contribution in [-0.4, -0.2) is 10.5 Å². The summed E-state index contributed by atoms with van der Waals surface area (Å²) in [5.41, 5.74) is 1.17. The summed E-state index contributed by atoms with van der Waals surface area (Å²) in [6.45, 7) is 9.32. The minimum atomic E-state index is -0.162. The maximum absolute atomic E-state index is 13.6. The zero-order chi connectivity index (χ0) is 15.5. The minimum absolute atomic E-state index is 0.0957. The highest BCUT2D eigenvalue weighted by Crippen LogP contribution is 2.28. The van der Waals surface area contributed by atoms with E-state index in [1.165, 1.54) is 22.7 Å². The molecule has 0 spiro atoms. The fourth-order valence-electron chi connectivity index (χ4n) is 1.76. The van der Waals surface area contributed by atoms with Crippen LogP contribution < -0.4 is 5.32 Å². The van der Waals surface area contributed by atoms with Gasteiger partial charge in [0.2, 0.25) is 0 Å². The first-order chi connectivity index (χ1) is 9.85. The average molecular weight is 324 g/mol. The first-order valence-electron chi connectivity index (χ1n) is 6.93. The Hall–Kier alpha value is -0.910. The summed E-state index contributed by atoms with van der Waals surface area (Å²) < 4.78 is 13.6. The van der Waals surface area contributed by atoms with Gasteiger partial charge < -0.3 is 5.32 Å². The van der Waals surface area contributed by atoms with Crippen molar-refractivity contribution in [2.75, 3.05) is 0 Å². The van der Waals surface area contributed by atoms with Gasteiger partial charge in [0, 0.05) is 21.9 Å². The molecule has 0 amide bonds. The van der Waals surface area contributed by atoms with Crippen molar-refractivity contribution in [2.24, 2.45) is 0 Å². The zero-order valence-electron chi connectivity index (χ0n) is 12.9. The van der Waals surface area contributed by atoms with Gasteiger partial charge in [-0.25, -0.2) is 9.37 Å². The number of thiazole rings is 1. The Balaban J connectivity index is 1.97. The SMILES string of the molecule is Cc1nc(CSc2ccccc2F)sc1CNC(C)(C)C. The van der Waals surface area contributed by atoms with Crippen LogP contribution in [0.4, 0.5) is 4.39 Å². The Morgan fingerprint density at radius 2 is 2.00 bits per heavy atom. The molecule has 0 atom stereocenters. The van der Waals surface area contributed by atoms with Gasteiger partial charge in [0.15, 0.2) is 0 Å². The Kier molecular flexibility index (Phi) is 5.41. The molecule has 114 valence electrons. The van der Waals surface area contributed by atoms with Gasteiger partial charge in [0.05, 0.1) is 11.4 Å². The molecule has 0 aliphatic rings. The van der Waals surface area contributed by atoms with Gasteiger partial charge >= 0.3 is 0 Å². The highest BCUT2D eigenvalue weighted by molar-refractivity contribution is 7.98. The van der Waals surface area contributed by atoms with Crippen LogP contribution in [0.2, 0.25) is 0 Å². The molecule has 21 heavy (non-hydrogen) atoms. The number of halogens is 1. The van der Waals surface area contributed by atoms with Crippen molar-refractivity contribution >= 4 is 23.1 Å². The average Bonchev–Trinajstić information content (AvgIpc) is 2.75. The molecule has 0 unspecified atom stereocenters. The van der Waals surface area contributed by atoms with E-state index in [2.05, 4.69) is 31.1 Å².